The molecule has 0 unspecified atom stereocenters. The number of benzene rings is 2. The van der Waals surface area contributed by atoms with Crippen LogP contribution in [0.4, 0.5) is 0 Å². The Morgan fingerprint density at radius 2 is 1.84 bits per heavy atom. The van der Waals surface area contributed by atoms with Gasteiger partial charge in [-0.2, -0.15) is 8.42 Å². The first kappa shape index (κ1) is 21.0. The van der Waals surface area contributed by atoms with Gasteiger partial charge in [-0.15, -0.1) is 0 Å². The van der Waals surface area contributed by atoms with Crippen molar-refractivity contribution in [2.24, 2.45) is 17.3 Å². The van der Waals surface area contributed by atoms with Crippen LogP contribution in [-0.4, -0.2) is 21.6 Å². The van der Waals surface area contributed by atoms with Crippen molar-refractivity contribution in [2.75, 3.05) is 7.11 Å². The molecule has 0 N–H and O–H groups in total. The van der Waals surface area contributed by atoms with Gasteiger partial charge in [0.1, 0.15) is 5.75 Å². The Bertz CT molecular complexity index is 1080. The second kappa shape index (κ2) is 7.63. The molecule has 5 rings (SSSR count). The predicted molar refractivity (Wildman–Crippen MR) is 121 cm³/mol. The van der Waals surface area contributed by atoms with Crippen LogP contribution in [0.25, 0.3) is 0 Å². The van der Waals surface area contributed by atoms with Gasteiger partial charge in [0.25, 0.3) is 10.1 Å². The van der Waals surface area contributed by atoms with Gasteiger partial charge < -0.3 is 4.74 Å². The lowest BCUT2D eigenvalue weighted by atomic mass is 9.56. The van der Waals surface area contributed by atoms with E-state index in [4.69, 9.17) is 8.92 Å². The average molecular weight is 441 g/mol. The molecular formula is C26H32O4S. The van der Waals surface area contributed by atoms with Gasteiger partial charge in [0, 0.05) is 0 Å². The van der Waals surface area contributed by atoms with Crippen LogP contribution in [-0.2, 0) is 20.7 Å². The predicted octanol–water partition coefficient (Wildman–Crippen LogP) is 5.63. The van der Waals surface area contributed by atoms with Crippen molar-refractivity contribution in [1.29, 1.82) is 0 Å². The summed E-state index contributed by atoms with van der Waals surface area (Å²) in [5.41, 5.74) is 4.12. The van der Waals surface area contributed by atoms with Gasteiger partial charge in [0.05, 0.1) is 18.1 Å². The standard InChI is InChI=1S/C26H32O4S/c1-17-4-8-21(9-5-17)31(27,28)30-20-15-25-24-10-6-18-14-19(29-3)7-11-22(18)23(24)12-13-26(25,2)16-20/h4-5,7-9,11,14,20,23-25H,6,10,12-13,15-16H2,1-3H3/t20-,23+,24+,25-,26+/m0/s1. The molecule has 2 aromatic rings. The summed E-state index contributed by atoms with van der Waals surface area (Å²) in [5.74, 6) is 2.63. The number of aryl methyl sites for hydroxylation is 2. The first-order valence-corrected chi connectivity index (χ1v) is 12.9. The van der Waals surface area contributed by atoms with Crippen LogP contribution in [0.5, 0.6) is 5.75 Å². The normalized spacial score (nSPS) is 32.1. The van der Waals surface area contributed by atoms with Crippen molar-refractivity contribution in [3.8, 4) is 5.75 Å². The van der Waals surface area contributed by atoms with Gasteiger partial charge in [-0.3, -0.25) is 4.18 Å². The van der Waals surface area contributed by atoms with Gasteiger partial charge in [-0.1, -0.05) is 30.7 Å². The second-order valence-corrected chi connectivity index (χ2v) is 11.7. The van der Waals surface area contributed by atoms with Crippen molar-refractivity contribution in [1.82, 2.24) is 0 Å². The van der Waals surface area contributed by atoms with Gasteiger partial charge in [0.15, 0.2) is 0 Å². The largest absolute Gasteiger partial charge is 0.497 e. The van der Waals surface area contributed by atoms with Gasteiger partial charge >= 0.3 is 0 Å². The van der Waals surface area contributed by atoms with Gasteiger partial charge in [-0.05, 0) is 104 Å². The molecule has 5 heteroatoms. The van der Waals surface area contributed by atoms with E-state index in [2.05, 4.69) is 25.1 Å². The van der Waals surface area contributed by atoms with Crippen molar-refractivity contribution in [3.63, 3.8) is 0 Å². The molecule has 3 aliphatic rings. The Morgan fingerprint density at radius 3 is 2.58 bits per heavy atom. The summed E-state index contributed by atoms with van der Waals surface area (Å²) in [7, 11) is -2.00. The van der Waals surface area contributed by atoms with E-state index in [9.17, 15) is 8.42 Å². The van der Waals surface area contributed by atoms with Crippen LogP contribution in [0.2, 0.25) is 0 Å². The number of ether oxygens (including phenoxy) is 1. The summed E-state index contributed by atoms with van der Waals surface area (Å²) < 4.78 is 37.0. The lowest BCUT2D eigenvalue weighted by molar-refractivity contribution is 0.0596. The molecule has 2 aromatic carbocycles. The van der Waals surface area contributed by atoms with E-state index >= 15 is 0 Å². The molecule has 0 aliphatic heterocycles. The van der Waals surface area contributed by atoms with Gasteiger partial charge in [-0.25, -0.2) is 0 Å². The quantitative estimate of drug-likeness (QED) is 0.578. The molecule has 166 valence electrons. The van der Waals surface area contributed by atoms with E-state index in [1.165, 1.54) is 24.0 Å². The topological polar surface area (TPSA) is 52.6 Å². The Kier molecular flexibility index (Phi) is 5.17. The van der Waals surface area contributed by atoms with E-state index in [-0.39, 0.29) is 16.4 Å². The van der Waals surface area contributed by atoms with Crippen molar-refractivity contribution < 1.29 is 17.3 Å². The Morgan fingerprint density at radius 1 is 1.06 bits per heavy atom. The highest BCUT2D eigenvalue weighted by atomic mass is 32.2. The lowest BCUT2D eigenvalue weighted by Crippen LogP contribution is -2.39. The highest BCUT2D eigenvalue weighted by Gasteiger charge is 2.54. The number of methoxy groups -OCH3 is 1. The number of hydrogen-bond donors (Lipinski definition) is 0. The SMILES string of the molecule is COc1ccc2c(c1)CC[C@@H]1[C@@H]2CC[C@]2(C)C[C@@H](OS(=O)(=O)c3ccc(C)cc3)C[C@@H]12. The maximum atomic E-state index is 12.9. The van der Waals surface area contributed by atoms with E-state index in [1.54, 1.807) is 19.2 Å². The molecule has 0 amide bonds. The van der Waals surface area contributed by atoms with Crippen LogP contribution in [0.3, 0.4) is 0 Å². The fourth-order valence-electron chi connectivity index (χ4n) is 6.69. The molecule has 0 bridgehead atoms. The maximum Gasteiger partial charge on any atom is 0.297 e. The van der Waals surface area contributed by atoms with E-state index in [0.29, 0.717) is 17.8 Å². The van der Waals surface area contributed by atoms with E-state index in [1.807, 2.05) is 19.1 Å². The molecule has 0 radical (unpaired) electrons. The zero-order chi connectivity index (χ0) is 21.8. The summed E-state index contributed by atoms with van der Waals surface area (Å²) in [6.45, 7) is 4.31. The summed E-state index contributed by atoms with van der Waals surface area (Å²) in [6.07, 6.45) is 6.01. The third-order valence-electron chi connectivity index (χ3n) is 8.24. The minimum absolute atomic E-state index is 0.165. The minimum Gasteiger partial charge on any atom is -0.497 e. The minimum atomic E-state index is -3.73. The van der Waals surface area contributed by atoms with Crippen LogP contribution in [0.1, 0.15) is 61.6 Å². The Hall–Kier alpha value is -1.85. The summed E-state index contributed by atoms with van der Waals surface area (Å²) in [5, 5.41) is 0. The molecule has 31 heavy (non-hydrogen) atoms. The lowest BCUT2D eigenvalue weighted by Gasteiger charge is -2.49. The van der Waals surface area contributed by atoms with Crippen LogP contribution in [0, 0.1) is 24.2 Å². The molecule has 2 fully saturated rings. The first-order chi connectivity index (χ1) is 14.8. The third-order valence-corrected chi connectivity index (χ3v) is 9.61. The molecular weight excluding hydrogens is 408 g/mol. The second-order valence-electron chi connectivity index (χ2n) is 10.1. The monoisotopic (exact) mass is 440 g/mol. The highest BCUT2D eigenvalue weighted by molar-refractivity contribution is 7.86. The van der Waals surface area contributed by atoms with Crippen LogP contribution in [0.15, 0.2) is 47.4 Å². The number of fused-ring (bicyclic) bond motifs is 5. The number of hydrogen-bond acceptors (Lipinski definition) is 4. The molecule has 5 atom stereocenters. The van der Waals surface area contributed by atoms with Gasteiger partial charge in [0.2, 0.25) is 0 Å². The Balaban J connectivity index is 1.36. The molecule has 0 aromatic heterocycles. The molecule has 3 aliphatic carbocycles. The first-order valence-electron chi connectivity index (χ1n) is 11.5. The highest BCUT2D eigenvalue weighted by Crippen LogP contribution is 2.61. The van der Waals surface area contributed by atoms with E-state index < -0.39 is 10.1 Å². The maximum absolute atomic E-state index is 12.9. The molecule has 0 saturated heterocycles. The molecule has 4 nitrogen and oxygen atoms in total. The molecule has 2 saturated carbocycles. The van der Waals surface area contributed by atoms with Crippen molar-refractivity contribution in [2.45, 2.75) is 69.3 Å². The number of rotatable bonds is 4. The summed E-state index contributed by atoms with van der Waals surface area (Å²) in [6, 6.07) is 13.5. The zero-order valence-corrected chi connectivity index (χ0v) is 19.5. The third kappa shape index (κ3) is 3.70. The average Bonchev–Trinajstić information content (AvgIpc) is 3.08. The zero-order valence-electron chi connectivity index (χ0n) is 18.6. The van der Waals surface area contributed by atoms with Crippen molar-refractivity contribution >= 4 is 10.1 Å². The summed E-state index contributed by atoms with van der Waals surface area (Å²) in [4.78, 5) is 0.261. The van der Waals surface area contributed by atoms with Crippen LogP contribution >= 0.6 is 0 Å². The fraction of sp³-hybridized carbons (Fsp3) is 0.538. The Labute approximate surface area is 186 Å². The fourth-order valence-corrected chi connectivity index (χ4v) is 7.78. The van der Waals surface area contributed by atoms with Crippen molar-refractivity contribution in [3.05, 3.63) is 59.2 Å². The van der Waals surface area contributed by atoms with E-state index in [0.717, 1.165) is 37.0 Å². The molecule has 0 spiro atoms. The van der Waals surface area contributed by atoms with Crippen LogP contribution < -0.4 is 4.74 Å². The summed E-state index contributed by atoms with van der Waals surface area (Å²) >= 11 is 0. The smallest absolute Gasteiger partial charge is 0.297 e. The molecule has 0 heterocycles.